The van der Waals surface area contributed by atoms with Crippen LogP contribution >= 0.6 is 0 Å². The second-order valence-electron chi connectivity index (χ2n) is 2.30. The fraction of sp³-hybridized carbons (Fsp3) is 0.833. The van der Waals surface area contributed by atoms with Crippen molar-refractivity contribution in [3.8, 4) is 0 Å². The van der Waals surface area contributed by atoms with Gasteiger partial charge in [0.15, 0.2) is 0 Å². The quantitative estimate of drug-likeness (QED) is 0.571. The van der Waals surface area contributed by atoms with E-state index >= 15 is 0 Å². The van der Waals surface area contributed by atoms with Gasteiger partial charge in [-0.2, -0.15) is 0 Å². The Balaban J connectivity index is 3.69. The average Bonchev–Trinajstić information content (AvgIpc) is 1.87. The summed E-state index contributed by atoms with van der Waals surface area (Å²) in [7, 11) is 1.52. The van der Waals surface area contributed by atoms with Crippen molar-refractivity contribution >= 4 is 5.97 Å². The number of methoxy groups -OCH3 is 1. The molecule has 4 heteroatoms. The van der Waals surface area contributed by atoms with Gasteiger partial charge in [-0.25, -0.2) is 0 Å². The van der Waals surface area contributed by atoms with Gasteiger partial charge in [-0.15, -0.1) is 0 Å². The van der Waals surface area contributed by atoms with Crippen molar-refractivity contribution in [3.63, 3.8) is 0 Å². The van der Waals surface area contributed by atoms with E-state index in [1.54, 1.807) is 6.92 Å². The molecule has 0 amide bonds. The minimum atomic E-state index is -0.982. The predicted molar refractivity (Wildman–Crippen MR) is 36.7 cm³/mol. The molecule has 0 aliphatic rings. The van der Waals surface area contributed by atoms with Gasteiger partial charge in [-0.05, 0) is 0 Å². The van der Waals surface area contributed by atoms with Crippen molar-refractivity contribution in [1.29, 1.82) is 0 Å². The number of ether oxygens (including phenoxy) is 1. The Morgan fingerprint density at radius 1 is 1.80 bits per heavy atom. The molecular weight excluding hydrogens is 134 g/mol. The van der Waals surface area contributed by atoms with E-state index in [9.17, 15) is 4.79 Å². The molecule has 0 fully saturated rings. The zero-order valence-corrected chi connectivity index (χ0v) is 6.20. The second kappa shape index (κ2) is 4.24. The van der Waals surface area contributed by atoms with Crippen LogP contribution in [0.4, 0.5) is 0 Å². The summed E-state index contributed by atoms with van der Waals surface area (Å²) in [6, 6.07) is -0.819. The third kappa shape index (κ3) is 2.80. The van der Waals surface area contributed by atoms with E-state index in [1.165, 1.54) is 7.11 Å². The molecule has 4 nitrogen and oxygen atoms in total. The number of nitrogens with two attached hydrogens (primary N) is 1. The molecule has 3 N–H and O–H groups in total. The Labute approximate surface area is 60.0 Å². The van der Waals surface area contributed by atoms with E-state index in [1.807, 2.05) is 0 Å². The van der Waals surface area contributed by atoms with Crippen molar-refractivity contribution in [2.75, 3.05) is 13.7 Å². The minimum absolute atomic E-state index is 0.137. The van der Waals surface area contributed by atoms with Crippen molar-refractivity contribution in [1.82, 2.24) is 0 Å². The highest BCUT2D eigenvalue weighted by atomic mass is 16.5. The lowest BCUT2D eigenvalue weighted by Crippen LogP contribution is -2.38. The number of hydrogen-bond acceptors (Lipinski definition) is 3. The fourth-order valence-corrected chi connectivity index (χ4v) is 0.610. The van der Waals surface area contributed by atoms with Crippen LogP contribution in [0, 0.1) is 5.92 Å². The van der Waals surface area contributed by atoms with Gasteiger partial charge in [0.05, 0.1) is 6.61 Å². The SMILES string of the molecule is COCC(C)[C@@H](N)C(=O)O. The Hall–Kier alpha value is -0.610. The molecule has 10 heavy (non-hydrogen) atoms. The lowest BCUT2D eigenvalue weighted by Gasteiger charge is -2.13. The third-order valence-electron chi connectivity index (χ3n) is 1.33. The lowest BCUT2D eigenvalue weighted by atomic mass is 10.1. The van der Waals surface area contributed by atoms with Crippen molar-refractivity contribution < 1.29 is 14.6 Å². The summed E-state index contributed by atoms with van der Waals surface area (Å²) in [4.78, 5) is 10.2. The molecule has 0 radical (unpaired) electrons. The lowest BCUT2D eigenvalue weighted by molar-refractivity contribution is -0.140. The van der Waals surface area contributed by atoms with Crippen LogP contribution < -0.4 is 5.73 Å². The van der Waals surface area contributed by atoms with Crippen LogP contribution in [-0.4, -0.2) is 30.8 Å². The summed E-state index contributed by atoms with van der Waals surface area (Å²) in [5.74, 6) is -1.12. The number of aliphatic carboxylic acids is 1. The maximum absolute atomic E-state index is 10.2. The maximum Gasteiger partial charge on any atom is 0.320 e. The highest BCUT2D eigenvalue weighted by molar-refractivity contribution is 5.73. The molecule has 0 bridgehead atoms. The van der Waals surface area contributed by atoms with Gasteiger partial charge in [0, 0.05) is 13.0 Å². The largest absolute Gasteiger partial charge is 0.480 e. The van der Waals surface area contributed by atoms with Crippen molar-refractivity contribution in [3.05, 3.63) is 0 Å². The van der Waals surface area contributed by atoms with Gasteiger partial charge < -0.3 is 15.6 Å². The maximum atomic E-state index is 10.2. The molecule has 0 aromatic heterocycles. The molecule has 0 aromatic rings. The molecule has 0 heterocycles. The third-order valence-corrected chi connectivity index (χ3v) is 1.33. The van der Waals surface area contributed by atoms with Gasteiger partial charge in [0.1, 0.15) is 6.04 Å². The molecule has 1 unspecified atom stereocenters. The van der Waals surface area contributed by atoms with Gasteiger partial charge in [0.2, 0.25) is 0 Å². The highest BCUT2D eigenvalue weighted by Gasteiger charge is 2.18. The Kier molecular flexibility index (Phi) is 3.99. The molecule has 0 aliphatic heterocycles. The van der Waals surface area contributed by atoms with Crippen LogP contribution in [0.15, 0.2) is 0 Å². The van der Waals surface area contributed by atoms with E-state index in [4.69, 9.17) is 15.6 Å². The van der Waals surface area contributed by atoms with Crippen LogP contribution in [0.2, 0.25) is 0 Å². The van der Waals surface area contributed by atoms with Crippen LogP contribution in [-0.2, 0) is 9.53 Å². The number of carboxylic acid groups (broad SMARTS) is 1. The van der Waals surface area contributed by atoms with Crippen LogP contribution in [0.3, 0.4) is 0 Å². The first-order valence-electron chi connectivity index (χ1n) is 3.07. The smallest absolute Gasteiger partial charge is 0.320 e. The Morgan fingerprint density at radius 3 is 2.60 bits per heavy atom. The summed E-state index contributed by atoms with van der Waals surface area (Å²) < 4.78 is 4.73. The summed E-state index contributed by atoms with van der Waals surface area (Å²) in [6.45, 7) is 2.12. The monoisotopic (exact) mass is 147 g/mol. The Morgan fingerprint density at radius 2 is 2.30 bits per heavy atom. The van der Waals surface area contributed by atoms with Crippen molar-refractivity contribution in [2.45, 2.75) is 13.0 Å². The zero-order chi connectivity index (χ0) is 8.15. The normalized spacial score (nSPS) is 16.3. The van der Waals surface area contributed by atoms with E-state index in [-0.39, 0.29) is 5.92 Å². The van der Waals surface area contributed by atoms with Crippen LogP contribution in [0.25, 0.3) is 0 Å². The fourth-order valence-electron chi connectivity index (χ4n) is 0.610. The van der Waals surface area contributed by atoms with Gasteiger partial charge in [0.25, 0.3) is 0 Å². The van der Waals surface area contributed by atoms with Crippen molar-refractivity contribution in [2.24, 2.45) is 11.7 Å². The second-order valence-corrected chi connectivity index (χ2v) is 2.30. The van der Waals surface area contributed by atoms with Gasteiger partial charge >= 0.3 is 5.97 Å². The van der Waals surface area contributed by atoms with E-state index in [0.717, 1.165) is 0 Å². The number of carboxylic acids is 1. The van der Waals surface area contributed by atoms with Crippen LogP contribution in [0.1, 0.15) is 6.92 Å². The topological polar surface area (TPSA) is 72.5 Å². The van der Waals surface area contributed by atoms with E-state index in [2.05, 4.69) is 0 Å². The molecule has 0 saturated carbocycles. The molecule has 2 atom stereocenters. The summed E-state index contributed by atoms with van der Waals surface area (Å²) in [5.41, 5.74) is 5.27. The van der Waals surface area contributed by atoms with Crippen LogP contribution in [0.5, 0.6) is 0 Å². The molecule has 60 valence electrons. The van der Waals surface area contributed by atoms with E-state index < -0.39 is 12.0 Å². The van der Waals surface area contributed by atoms with E-state index in [0.29, 0.717) is 6.61 Å². The average molecular weight is 147 g/mol. The molecule has 0 spiro atoms. The zero-order valence-electron chi connectivity index (χ0n) is 6.20. The summed E-state index contributed by atoms with van der Waals surface area (Å²) in [5, 5.41) is 8.40. The number of hydrogen-bond donors (Lipinski definition) is 2. The molecule has 0 aromatic carbocycles. The first-order valence-corrected chi connectivity index (χ1v) is 3.07. The molecule has 0 rings (SSSR count). The Bertz CT molecular complexity index is 116. The van der Waals surface area contributed by atoms with Gasteiger partial charge in [-0.1, -0.05) is 6.92 Å². The summed E-state index contributed by atoms with van der Waals surface area (Å²) in [6.07, 6.45) is 0. The van der Waals surface area contributed by atoms with Gasteiger partial charge in [-0.3, -0.25) is 4.79 Å². The first kappa shape index (κ1) is 9.39. The summed E-state index contributed by atoms with van der Waals surface area (Å²) >= 11 is 0. The molecule has 0 saturated heterocycles. The first-order chi connectivity index (χ1) is 4.59. The minimum Gasteiger partial charge on any atom is -0.480 e. The highest BCUT2D eigenvalue weighted by Crippen LogP contribution is 1.99. The standard InChI is InChI=1S/C6H13NO3/c1-4(3-10-2)5(7)6(8)9/h4-5H,3,7H2,1-2H3,(H,8,9)/t4?,5-/m1/s1. The molecule has 0 aliphatic carbocycles. The predicted octanol–water partition coefficient (Wildman–Crippen LogP) is -0.319. The number of carbonyl (C=O) groups is 1. The molecular formula is C6H13NO3. The number of rotatable bonds is 4.